The molecule has 2 amide bonds. The van der Waals surface area contributed by atoms with Gasteiger partial charge in [-0.25, -0.2) is 0 Å². The molecule has 7 nitrogen and oxygen atoms in total. The molecule has 1 aromatic carbocycles. The normalized spacial score (nSPS) is 21.4. The minimum Gasteiger partial charge on any atom is -0.386 e. The van der Waals surface area contributed by atoms with Crippen LogP contribution in [0.25, 0.3) is 0 Å². The summed E-state index contributed by atoms with van der Waals surface area (Å²) in [6.07, 6.45) is 2.59. The number of aliphatic hydroxyl groups is 1. The average Bonchev–Trinajstić information content (AvgIpc) is 3.33. The highest BCUT2D eigenvalue weighted by Gasteiger charge is 2.40. The third-order valence-electron chi connectivity index (χ3n) is 7.26. The van der Waals surface area contributed by atoms with Crippen LogP contribution >= 0.6 is 0 Å². The van der Waals surface area contributed by atoms with Crippen LogP contribution in [-0.4, -0.2) is 66.9 Å². The summed E-state index contributed by atoms with van der Waals surface area (Å²) >= 11 is 0. The highest BCUT2D eigenvalue weighted by molar-refractivity contribution is 5.80. The topological polar surface area (TPSA) is 88.1 Å². The molecule has 0 aromatic heterocycles. The Kier molecular flexibility index (Phi) is 11.5. The fourth-order valence-corrected chi connectivity index (χ4v) is 4.85. The summed E-state index contributed by atoms with van der Waals surface area (Å²) in [5, 5.41) is 13.6. The molecule has 0 unspecified atom stereocenters. The fourth-order valence-electron chi connectivity index (χ4n) is 4.85. The maximum atomic E-state index is 13.2. The monoisotopic (exact) mass is 476 g/mol. The van der Waals surface area contributed by atoms with Gasteiger partial charge in [-0.3, -0.25) is 9.59 Å². The molecule has 0 saturated carbocycles. The lowest BCUT2D eigenvalue weighted by Crippen LogP contribution is -2.51. The molecular formula is C27H44N2O5. The van der Waals surface area contributed by atoms with Crippen molar-refractivity contribution in [3.05, 3.63) is 35.9 Å². The van der Waals surface area contributed by atoms with Crippen LogP contribution < -0.4 is 5.32 Å². The van der Waals surface area contributed by atoms with Crippen molar-refractivity contribution < 1.29 is 24.2 Å². The zero-order chi connectivity index (χ0) is 25.3. The van der Waals surface area contributed by atoms with Crippen molar-refractivity contribution in [1.29, 1.82) is 0 Å². The molecule has 0 spiro atoms. The van der Waals surface area contributed by atoms with Gasteiger partial charge in [0.05, 0.1) is 42.7 Å². The maximum Gasteiger partial charge on any atom is 0.225 e. The standard InChI is InChI=1S/C27H44N2O5/c1-7-18(2)16-22(33-5)17-24(30)29-15-11-14-23(29)26(34-6)19(3)27(32)28-20(4)25(31)21-12-9-8-10-13-21/h8-10,12-13,18-20,22-23,25-26,31H,7,11,14-17H2,1-6H3,(H,28,32)/t18-,19+,20+,22-,23-,25+,26+/m0/s1. The van der Waals surface area contributed by atoms with E-state index in [2.05, 4.69) is 19.2 Å². The third-order valence-corrected chi connectivity index (χ3v) is 7.26. The van der Waals surface area contributed by atoms with Crippen LogP contribution in [0, 0.1) is 11.8 Å². The van der Waals surface area contributed by atoms with E-state index in [1.54, 1.807) is 21.1 Å². The quantitative estimate of drug-likeness (QED) is 0.453. The first-order valence-electron chi connectivity index (χ1n) is 12.6. The Morgan fingerprint density at radius 2 is 1.82 bits per heavy atom. The molecule has 7 atom stereocenters. The molecule has 7 heteroatoms. The predicted octanol–water partition coefficient (Wildman–Crippen LogP) is 3.71. The second-order valence-corrected chi connectivity index (χ2v) is 9.75. The van der Waals surface area contributed by atoms with E-state index in [1.165, 1.54) is 0 Å². The van der Waals surface area contributed by atoms with E-state index in [0.29, 0.717) is 18.9 Å². The van der Waals surface area contributed by atoms with Gasteiger partial charge < -0.3 is 24.8 Å². The number of hydrogen-bond acceptors (Lipinski definition) is 5. The molecule has 2 N–H and O–H groups in total. The number of amides is 2. The van der Waals surface area contributed by atoms with Gasteiger partial charge in [-0.05, 0) is 37.7 Å². The fraction of sp³-hybridized carbons (Fsp3) is 0.704. The number of likely N-dealkylation sites (tertiary alicyclic amines) is 1. The van der Waals surface area contributed by atoms with Crippen molar-refractivity contribution in [3.63, 3.8) is 0 Å². The van der Waals surface area contributed by atoms with Crippen LogP contribution in [-0.2, 0) is 19.1 Å². The van der Waals surface area contributed by atoms with E-state index in [-0.39, 0.29) is 24.0 Å². The van der Waals surface area contributed by atoms with E-state index in [9.17, 15) is 14.7 Å². The number of benzene rings is 1. The minimum absolute atomic E-state index is 0.0557. The zero-order valence-corrected chi connectivity index (χ0v) is 21.7. The molecule has 1 saturated heterocycles. The maximum absolute atomic E-state index is 13.2. The second-order valence-electron chi connectivity index (χ2n) is 9.75. The van der Waals surface area contributed by atoms with Crippen LogP contribution in [0.4, 0.5) is 0 Å². The smallest absolute Gasteiger partial charge is 0.225 e. The van der Waals surface area contributed by atoms with Crippen molar-refractivity contribution in [1.82, 2.24) is 10.2 Å². The lowest BCUT2D eigenvalue weighted by molar-refractivity contribution is -0.142. The van der Waals surface area contributed by atoms with Crippen LogP contribution in [0.1, 0.15) is 71.5 Å². The molecule has 1 aromatic rings. The van der Waals surface area contributed by atoms with E-state index >= 15 is 0 Å². The summed E-state index contributed by atoms with van der Waals surface area (Å²) in [5.41, 5.74) is 0.754. The third kappa shape index (κ3) is 7.52. The van der Waals surface area contributed by atoms with E-state index in [0.717, 1.165) is 31.2 Å². The number of carbonyl (C=O) groups excluding carboxylic acids is 2. The van der Waals surface area contributed by atoms with Crippen LogP contribution in [0.3, 0.4) is 0 Å². The molecule has 1 aliphatic rings. The first kappa shape index (κ1) is 28.3. The van der Waals surface area contributed by atoms with Gasteiger partial charge in [0.15, 0.2) is 0 Å². The molecule has 0 bridgehead atoms. The number of nitrogens with one attached hydrogen (secondary N) is 1. The van der Waals surface area contributed by atoms with Gasteiger partial charge in [0, 0.05) is 20.8 Å². The van der Waals surface area contributed by atoms with Gasteiger partial charge in [0.25, 0.3) is 0 Å². The van der Waals surface area contributed by atoms with Gasteiger partial charge in [-0.1, -0.05) is 57.5 Å². The van der Waals surface area contributed by atoms with Gasteiger partial charge in [0.1, 0.15) is 0 Å². The van der Waals surface area contributed by atoms with Gasteiger partial charge >= 0.3 is 0 Å². The molecular weight excluding hydrogens is 432 g/mol. The summed E-state index contributed by atoms with van der Waals surface area (Å²) in [6, 6.07) is 8.67. The number of hydrogen-bond donors (Lipinski definition) is 2. The molecule has 192 valence electrons. The predicted molar refractivity (Wildman–Crippen MR) is 133 cm³/mol. The van der Waals surface area contributed by atoms with Crippen LogP contribution in [0.5, 0.6) is 0 Å². The van der Waals surface area contributed by atoms with Gasteiger partial charge in [-0.2, -0.15) is 0 Å². The molecule has 2 rings (SSSR count). The van der Waals surface area contributed by atoms with Gasteiger partial charge in [0.2, 0.25) is 11.8 Å². The van der Waals surface area contributed by atoms with Crippen molar-refractivity contribution in [2.75, 3.05) is 20.8 Å². The molecule has 1 heterocycles. The number of methoxy groups -OCH3 is 2. The number of rotatable bonds is 13. The Labute approximate surface area is 205 Å². The largest absolute Gasteiger partial charge is 0.386 e. The highest BCUT2D eigenvalue weighted by Crippen LogP contribution is 2.28. The number of aliphatic hydroxyl groups excluding tert-OH is 1. The molecule has 1 fully saturated rings. The van der Waals surface area contributed by atoms with Gasteiger partial charge in [-0.15, -0.1) is 0 Å². The molecule has 1 aliphatic heterocycles. The molecule has 0 radical (unpaired) electrons. The summed E-state index contributed by atoms with van der Waals surface area (Å²) < 4.78 is 11.4. The Morgan fingerprint density at radius 1 is 1.15 bits per heavy atom. The molecule has 34 heavy (non-hydrogen) atoms. The van der Waals surface area contributed by atoms with Crippen LogP contribution in [0.15, 0.2) is 30.3 Å². The SMILES string of the molecule is CC[C@H](C)C[C@@H](CC(=O)N1CCC[C@H]1[C@H](OC)[C@@H](C)C(=O)N[C@H](C)[C@@H](O)c1ccccc1)OC. The lowest BCUT2D eigenvalue weighted by Gasteiger charge is -2.35. The second kappa shape index (κ2) is 13.8. The Balaban J connectivity index is 2.02. The number of ether oxygens (including phenoxy) is 2. The number of nitrogens with zero attached hydrogens (tertiary/aromatic N) is 1. The van der Waals surface area contributed by atoms with Crippen molar-refractivity contribution in [2.24, 2.45) is 11.8 Å². The summed E-state index contributed by atoms with van der Waals surface area (Å²) in [4.78, 5) is 28.1. The minimum atomic E-state index is -0.806. The molecule has 0 aliphatic carbocycles. The summed E-state index contributed by atoms with van der Waals surface area (Å²) in [6.45, 7) is 8.60. The number of carbonyl (C=O) groups is 2. The zero-order valence-electron chi connectivity index (χ0n) is 21.7. The highest BCUT2D eigenvalue weighted by atomic mass is 16.5. The van der Waals surface area contributed by atoms with Crippen molar-refractivity contribution >= 4 is 11.8 Å². The van der Waals surface area contributed by atoms with Crippen LogP contribution in [0.2, 0.25) is 0 Å². The van der Waals surface area contributed by atoms with E-state index in [1.807, 2.05) is 42.2 Å². The Bertz CT molecular complexity index is 759. The average molecular weight is 477 g/mol. The Hall–Kier alpha value is -1.96. The summed E-state index contributed by atoms with van der Waals surface area (Å²) in [5.74, 6) is -0.122. The van der Waals surface area contributed by atoms with Crippen molar-refractivity contribution in [2.45, 2.75) is 90.2 Å². The first-order chi connectivity index (χ1) is 16.2. The van der Waals surface area contributed by atoms with E-state index in [4.69, 9.17) is 9.47 Å². The summed E-state index contributed by atoms with van der Waals surface area (Å²) in [7, 11) is 3.26. The van der Waals surface area contributed by atoms with Crippen molar-refractivity contribution in [3.8, 4) is 0 Å². The van der Waals surface area contributed by atoms with E-state index < -0.39 is 24.2 Å². The Morgan fingerprint density at radius 3 is 2.41 bits per heavy atom. The lowest BCUT2D eigenvalue weighted by atomic mass is 9.93. The first-order valence-corrected chi connectivity index (χ1v) is 12.6.